The summed E-state index contributed by atoms with van der Waals surface area (Å²) in [7, 11) is 1.54. The number of oxime groups is 1. The number of hydrogen-bond acceptors (Lipinski definition) is 5. The van der Waals surface area contributed by atoms with E-state index in [0.717, 1.165) is 61.9 Å². The van der Waals surface area contributed by atoms with Crippen LogP contribution in [-0.2, 0) is 4.84 Å². The van der Waals surface area contributed by atoms with Crippen LogP contribution in [-0.4, -0.2) is 56.5 Å². The first-order valence-corrected chi connectivity index (χ1v) is 10.2. The van der Waals surface area contributed by atoms with E-state index in [0.29, 0.717) is 0 Å². The maximum atomic E-state index is 13.2. The smallest absolute Gasteiger partial charge is 0.142 e. The topological polar surface area (TPSA) is 37.3 Å². The molecule has 0 aliphatic carbocycles. The molecule has 1 aliphatic rings. The fraction of sp³-hybridized carbons (Fsp3) is 0.435. The van der Waals surface area contributed by atoms with Crippen molar-refractivity contribution in [2.45, 2.75) is 26.4 Å². The van der Waals surface area contributed by atoms with Crippen LogP contribution in [0.4, 0.5) is 10.1 Å². The molecule has 6 heteroatoms. The van der Waals surface area contributed by atoms with Gasteiger partial charge in [0.15, 0.2) is 0 Å². The van der Waals surface area contributed by atoms with Crippen molar-refractivity contribution in [2.24, 2.45) is 5.16 Å². The van der Waals surface area contributed by atoms with E-state index < -0.39 is 0 Å². The van der Waals surface area contributed by atoms with Gasteiger partial charge in [0.2, 0.25) is 0 Å². The summed E-state index contributed by atoms with van der Waals surface area (Å²) < 4.78 is 19.2. The first-order valence-electron chi connectivity index (χ1n) is 10.2. The van der Waals surface area contributed by atoms with Gasteiger partial charge in [-0.05, 0) is 43.7 Å². The van der Waals surface area contributed by atoms with E-state index in [9.17, 15) is 4.39 Å². The van der Waals surface area contributed by atoms with Gasteiger partial charge in [-0.3, -0.25) is 4.90 Å². The average Bonchev–Trinajstić information content (AvgIpc) is 2.72. The Bertz CT molecular complexity index is 800. The lowest BCUT2D eigenvalue weighted by Crippen LogP contribution is -2.47. The Hall–Kier alpha value is -2.60. The number of hydrogen-bond donors (Lipinski definition) is 0. The van der Waals surface area contributed by atoms with E-state index in [4.69, 9.17) is 9.57 Å². The highest BCUT2D eigenvalue weighted by Crippen LogP contribution is 2.29. The fourth-order valence-electron chi connectivity index (χ4n) is 3.54. The summed E-state index contributed by atoms with van der Waals surface area (Å²) in [5.74, 6) is 0.699. The minimum absolute atomic E-state index is 0.155. The highest BCUT2D eigenvalue weighted by Gasteiger charge is 2.20. The first kappa shape index (κ1) is 21.1. The van der Waals surface area contributed by atoms with Gasteiger partial charge in [0.25, 0.3) is 0 Å². The van der Waals surface area contributed by atoms with Gasteiger partial charge in [0, 0.05) is 39.1 Å². The van der Waals surface area contributed by atoms with Crippen LogP contribution in [0, 0.1) is 5.82 Å². The molecule has 0 amide bonds. The summed E-state index contributed by atoms with van der Waals surface area (Å²) in [5, 5.41) is 4.15. The summed E-state index contributed by atoms with van der Waals surface area (Å²) in [6.07, 6.45) is 0.911. The second kappa shape index (κ2) is 10.3. The number of anilines is 1. The van der Waals surface area contributed by atoms with E-state index >= 15 is 0 Å². The number of halogens is 1. The molecule has 0 aromatic heterocycles. The quantitative estimate of drug-likeness (QED) is 0.493. The predicted octanol–water partition coefficient (Wildman–Crippen LogP) is 4.18. The molecule has 0 saturated carbocycles. The summed E-state index contributed by atoms with van der Waals surface area (Å²) in [5.41, 5.74) is 2.89. The number of benzene rings is 2. The largest absolute Gasteiger partial charge is 0.489 e. The van der Waals surface area contributed by atoms with Crippen molar-refractivity contribution < 1.29 is 14.0 Å². The number of piperazine rings is 1. The summed E-state index contributed by atoms with van der Waals surface area (Å²) in [6.45, 7) is 8.83. The second-order valence-corrected chi connectivity index (χ2v) is 7.44. The first-order chi connectivity index (χ1) is 14.1. The number of nitrogens with zero attached hydrogens (tertiary/aromatic N) is 3. The van der Waals surface area contributed by atoms with Gasteiger partial charge >= 0.3 is 0 Å². The maximum Gasteiger partial charge on any atom is 0.142 e. The van der Waals surface area contributed by atoms with Crippen molar-refractivity contribution >= 4 is 11.4 Å². The molecular formula is C23H30FN3O2. The third-order valence-electron chi connectivity index (χ3n) is 4.98. The number of rotatable bonds is 8. The zero-order chi connectivity index (χ0) is 20.6. The molecule has 2 aromatic rings. The van der Waals surface area contributed by atoms with E-state index in [1.165, 1.54) is 12.1 Å². The van der Waals surface area contributed by atoms with Crippen LogP contribution in [0.2, 0.25) is 0 Å². The van der Waals surface area contributed by atoms with E-state index in [2.05, 4.69) is 40.9 Å². The van der Waals surface area contributed by atoms with Crippen LogP contribution in [0.25, 0.3) is 0 Å². The van der Waals surface area contributed by atoms with E-state index in [-0.39, 0.29) is 11.9 Å². The van der Waals surface area contributed by atoms with Crippen molar-refractivity contribution in [3.05, 3.63) is 59.9 Å². The third-order valence-corrected chi connectivity index (χ3v) is 4.98. The summed E-state index contributed by atoms with van der Waals surface area (Å²) in [4.78, 5) is 9.82. The Balaban J connectivity index is 1.56. The molecular weight excluding hydrogens is 369 g/mol. The van der Waals surface area contributed by atoms with Crippen molar-refractivity contribution in [1.29, 1.82) is 0 Å². The summed E-state index contributed by atoms with van der Waals surface area (Å²) in [6, 6.07) is 14.7. The monoisotopic (exact) mass is 399 g/mol. The molecule has 1 fully saturated rings. The van der Waals surface area contributed by atoms with Crippen LogP contribution in [0.1, 0.15) is 25.8 Å². The maximum absolute atomic E-state index is 13.2. The molecule has 1 heterocycles. The molecule has 29 heavy (non-hydrogen) atoms. The molecule has 3 rings (SSSR count). The Labute approximate surface area is 172 Å². The zero-order valence-corrected chi connectivity index (χ0v) is 17.5. The van der Waals surface area contributed by atoms with Crippen LogP contribution >= 0.6 is 0 Å². The van der Waals surface area contributed by atoms with Gasteiger partial charge in [-0.2, -0.15) is 0 Å². The lowest BCUT2D eigenvalue weighted by atomic mass is 10.1. The van der Waals surface area contributed by atoms with Crippen LogP contribution in [0.15, 0.2) is 53.7 Å². The molecule has 1 aliphatic heterocycles. The van der Waals surface area contributed by atoms with Gasteiger partial charge in [0.05, 0.1) is 17.5 Å². The Morgan fingerprint density at radius 1 is 1.03 bits per heavy atom. The molecule has 0 atom stereocenters. The zero-order valence-electron chi connectivity index (χ0n) is 17.5. The molecule has 0 bridgehead atoms. The fourth-order valence-corrected chi connectivity index (χ4v) is 3.54. The Morgan fingerprint density at radius 2 is 1.72 bits per heavy atom. The number of para-hydroxylation sites is 2. The van der Waals surface area contributed by atoms with E-state index in [1.54, 1.807) is 19.2 Å². The van der Waals surface area contributed by atoms with Gasteiger partial charge < -0.3 is 14.5 Å². The normalized spacial score (nSPS) is 15.6. The van der Waals surface area contributed by atoms with Crippen molar-refractivity contribution in [3.8, 4) is 5.75 Å². The van der Waals surface area contributed by atoms with Crippen molar-refractivity contribution in [2.75, 3.05) is 44.7 Å². The SMILES string of the molecule is CO/N=C(/CCN1CCN(c2ccccc2OC(C)C)CC1)c1ccc(F)cc1. The second-order valence-electron chi connectivity index (χ2n) is 7.44. The molecule has 0 spiro atoms. The molecule has 1 saturated heterocycles. The van der Waals surface area contributed by atoms with Crippen LogP contribution < -0.4 is 9.64 Å². The average molecular weight is 400 g/mol. The molecule has 156 valence electrons. The lowest BCUT2D eigenvalue weighted by molar-refractivity contribution is 0.211. The minimum atomic E-state index is -0.247. The Morgan fingerprint density at radius 3 is 2.38 bits per heavy atom. The van der Waals surface area contributed by atoms with Gasteiger partial charge in [-0.25, -0.2) is 4.39 Å². The third kappa shape index (κ3) is 5.94. The molecule has 0 N–H and O–H groups in total. The number of ether oxygens (including phenoxy) is 1. The molecule has 0 unspecified atom stereocenters. The van der Waals surface area contributed by atoms with Crippen molar-refractivity contribution in [3.63, 3.8) is 0 Å². The van der Waals surface area contributed by atoms with Crippen molar-refractivity contribution in [1.82, 2.24) is 4.90 Å². The molecule has 2 aromatic carbocycles. The van der Waals surface area contributed by atoms with Gasteiger partial charge in [-0.15, -0.1) is 0 Å². The predicted molar refractivity (Wildman–Crippen MR) is 115 cm³/mol. The van der Waals surface area contributed by atoms with Crippen LogP contribution in [0.3, 0.4) is 0 Å². The summed E-state index contributed by atoms with van der Waals surface area (Å²) >= 11 is 0. The van der Waals surface area contributed by atoms with Gasteiger partial charge in [-0.1, -0.05) is 29.4 Å². The lowest BCUT2D eigenvalue weighted by Gasteiger charge is -2.37. The highest BCUT2D eigenvalue weighted by atomic mass is 19.1. The molecule has 0 radical (unpaired) electrons. The minimum Gasteiger partial charge on any atom is -0.489 e. The Kier molecular flexibility index (Phi) is 7.47. The van der Waals surface area contributed by atoms with Crippen LogP contribution in [0.5, 0.6) is 5.75 Å². The van der Waals surface area contributed by atoms with Gasteiger partial charge in [0.1, 0.15) is 18.7 Å². The standard InChI is InChI=1S/C23H30FN3O2/c1-18(2)29-23-7-5-4-6-22(23)27-16-14-26(15-17-27)13-12-21(25-28-3)19-8-10-20(24)11-9-19/h4-11,18H,12-17H2,1-3H3/b25-21-. The highest BCUT2D eigenvalue weighted by molar-refractivity contribution is 6.00. The van der Waals surface area contributed by atoms with E-state index in [1.807, 2.05) is 12.1 Å². The molecule has 5 nitrogen and oxygen atoms in total.